The predicted octanol–water partition coefficient (Wildman–Crippen LogP) is 3.42. The first-order valence-electron chi connectivity index (χ1n) is 4.91. The minimum atomic E-state index is 0.774. The van der Waals surface area contributed by atoms with Crippen LogP contribution in [0.15, 0.2) is 34.9 Å². The molecular weight excluding hydrogens is 210 g/mol. The van der Waals surface area contributed by atoms with Crippen LogP contribution >= 0.6 is 11.6 Å². The molecule has 0 aliphatic carbocycles. The topological polar surface area (TPSA) is 26.0 Å². The second-order valence-electron chi connectivity index (χ2n) is 3.56. The zero-order chi connectivity index (χ0) is 10.7. The Morgan fingerprint density at radius 2 is 1.93 bits per heavy atom. The zero-order valence-electron chi connectivity index (χ0n) is 8.53. The second-order valence-corrected chi connectivity index (χ2v) is 3.99. The van der Waals surface area contributed by atoms with Gasteiger partial charge in [0.1, 0.15) is 5.76 Å². The Hall–Kier alpha value is -1.28. The molecule has 1 heterocycles. The van der Waals surface area contributed by atoms with E-state index in [0.29, 0.717) is 0 Å². The van der Waals surface area contributed by atoms with Crippen LogP contribution in [-0.4, -0.2) is 5.16 Å². The van der Waals surface area contributed by atoms with Crippen molar-refractivity contribution < 1.29 is 4.52 Å². The lowest BCUT2D eigenvalue weighted by atomic mass is 10.1. The van der Waals surface area contributed by atoms with Crippen LogP contribution in [0.3, 0.4) is 0 Å². The van der Waals surface area contributed by atoms with E-state index in [0.717, 1.165) is 29.3 Å². The maximum Gasteiger partial charge on any atom is 0.133 e. The van der Waals surface area contributed by atoms with Crippen LogP contribution in [0.2, 0.25) is 5.02 Å². The number of aryl methyl sites for hydroxylation is 3. The van der Waals surface area contributed by atoms with Gasteiger partial charge in [0.2, 0.25) is 0 Å². The van der Waals surface area contributed by atoms with E-state index in [1.54, 1.807) is 0 Å². The molecule has 0 saturated carbocycles. The third-order valence-corrected chi connectivity index (χ3v) is 2.51. The molecule has 0 radical (unpaired) electrons. The van der Waals surface area contributed by atoms with Gasteiger partial charge in [0.05, 0.1) is 5.69 Å². The molecule has 0 fully saturated rings. The Kier molecular flexibility index (Phi) is 3.07. The molecule has 78 valence electrons. The van der Waals surface area contributed by atoms with Gasteiger partial charge in [-0.2, -0.15) is 0 Å². The largest absolute Gasteiger partial charge is 0.361 e. The van der Waals surface area contributed by atoms with Crippen LogP contribution in [0.1, 0.15) is 17.0 Å². The van der Waals surface area contributed by atoms with Crippen LogP contribution in [0.5, 0.6) is 0 Å². The van der Waals surface area contributed by atoms with Gasteiger partial charge < -0.3 is 4.52 Å². The van der Waals surface area contributed by atoms with Gasteiger partial charge in [0.15, 0.2) is 0 Å². The Morgan fingerprint density at radius 1 is 1.20 bits per heavy atom. The van der Waals surface area contributed by atoms with Gasteiger partial charge in [-0.25, -0.2) is 0 Å². The quantitative estimate of drug-likeness (QED) is 0.794. The van der Waals surface area contributed by atoms with Crippen molar-refractivity contribution >= 4 is 11.6 Å². The molecule has 2 rings (SSSR count). The number of aromatic nitrogens is 1. The van der Waals surface area contributed by atoms with Crippen LogP contribution in [0.25, 0.3) is 0 Å². The lowest BCUT2D eigenvalue weighted by Crippen LogP contribution is -1.90. The molecule has 0 unspecified atom stereocenters. The summed E-state index contributed by atoms with van der Waals surface area (Å²) in [4.78, 5) is 0. The Balaban J connectivity index is 1.96. The maximum atomic E-state index is 5.80. The van der Waals surface area contributed by atoms with Gasteiger partial charge in [0.25, 0.3) is 0 Å². The molecule has 0 spiro atoms. The number of rotatable bonds is 3. The van der Waals surface area contributed by atoms with Crippen molar-refractivity contribution in [3.8, 4) is 0 Å². The maximum absolute atomic E-state index is 5.80. The summed E-state index contributed by atoms with van der Waals surface area (Å²) in [6.45, 7) is 1.90. The summed E-state index contributed by atoms with van der Waals surface area (Å²) in [7, 11) is 0. The van der Waals surface area contributed by atoms with E-state index in [9.17, 15) is 0 Å². The highest BCUT2D eigenvalue weighted by molar-refractivity contribution is 6.30. The van der Waals surface area contributed by atoms with E-state index in [1.165, 1.54) is 5.56 Å². The molecule has 2 nitrogen and oxygen atoms in total. The molecule has 1 aromatic carbocycles. The summed E-state index contributed by atoms with van der Waals surface area (Å²) < 4.78 is 5.00. The predicted molar refractivity (Wildman–Crippen MR) is 60.1 cm³/mol. The second kappa shape index (κ2) is 4.49. The van der Waals surface area contributed by atoms with Gasteiger partial charge in [0, 0.05) is 11.1 Å². The van der Waals surface area contributed by atoms with Crippen molar-refractivity contribution in [3.05, 3.63) is 52.4 Å². The van der Waals surface area contributed by atoms with Gasteiger partial charge in [-0.15, -0.1) is 0 Å². The summed E-state index contributed by atoms with van der Waals surface area (Å²) in [5.74, 6) is 0.862. The summed E-state index contributed by atoms with van der Waals surface area (Å²) in [6.07, 6.45) is 1.86. The molecule has 3 heteroatoms. The van der Waals surface area contributed by atoms with Crippen molar-refractivity contribution in [1.82, 2.24) is 5.16 Å². The van der Waals surface area contributed by atoms with E-state index >= 15 is 0 Å². The Bertz CT molecular complexity index is 433. The highest BCUT2D eigenvalue weighted by Crippen LogP contribution is 2.12. The van der Waals surface area contributed by atoms with Gasteiger partial charge in [-0.05, 0) is 37.5 Å². The molecule has 0 atom stereocenters. The van der Waals surface area contributed by atoms with E-state index in [4.69, 9.17) is 16.1 Å². The highest BCUT2D eigenvalue weighted by atomic mass is 35.5. The first-order valence-corrected chi connectivity index (χ1v) is 5.28. The fraction of sp³-hybridized carbons (Fsp3) is 0.250. The minimum Gasteiger partial charge on any atom is -0.361 e. The van der Waals surface area contributed by atoms with Crippen LogP contribution < -0.4 is 0 Å². The molecule has 1 aromatic heterocycles. The van der Waals surface area contributed by atoms with Crippen molar-refractivity contribution in [2.45, 2.75) is 19.8 Å². The smallest absolute Gasteiger partial charge is 0.133 e. The monoisotopic (exact) mass is 221 g/mol. The summed E-state index contributed by atoms with van der Waals surface area (Å²) in [5, 5.41) is 4.72. The first-order chi connectivity index (χ1) is 7.24. The zero-order valence-corrected chi connectivity index (χ0v) is 9.29. The minimum absolute atomic E-state index is 0.774. The standard InChI is InChI=1S/C12H12ClNO/c1-9-8-12(14-15-9)7-4-10-2-5-11(13)6-3-10/h2-3,5-6,8H,4,7H2,1H3. The molecule has 0 aliphatic rings. The molecule has 0 aliphatic heterocycles. The van der Waals surface area contributed by atoms with Crippen LogP contribution in [-0.2, 0) is 12.8 Å². The molecule has 0 saturated heterocycles. The fourth-order valence-corrected chi connectivity index (χ4v) is 1.59. The molecule has 15 heavy (non-hydrogen) atoms. The van der Waals surface area contributed by atoms with Crippen molar-refractivity contribution in [1.29, 1.82) is 0 Å². The fourth-order valence-electron chi connectivity index (χ4n) is 1.46. The summed E-state index contributed by atoms with van der Waals surface area (Å²) in [6, 6.07) is 9.86. The SMILES string of the molecule is Cc1cc(CCc2ccc(Cl)cc2)no1. The number of hydrogen-bond donors (Lipinski definition) is 0. The average Bonchev–Trinajstić information content (AvgIpc) is 2.64. The normalized spacial score (nSPS) is 10.5. The van der Waals surface area contributed by atoms with Crippen molar-refractivity contribution in [2.24, 2.45) is 0 Å². The molecule has 0 N–H and O–H groups in total. The number of hydrogen-bond acceptors (Lipinski definition) is 2. The van der Waals surface area contributed by atoms with Crippen molar-refractivity contribution in [3.63, 3.8) is 0 Å². The number of benzene rings is 1. The number of nitrogens with zero attached hydrogens (tertiary/aromatic N) is 1. The molecular formula is C12H12ClNO. The summed E-state index contributed by atoms with van der Waals surface area (Å²) in [5.41, 5.74) is 2.27. The molecule has 0 bridgehead atoms. The Labute approximate surface area is 93.9 Å². The van der Waals surface area contributed by atoms with Gasteiger partial charge >= 0.3 is 0 Å². The van der Waals surface area contributed by atoms with Crippen molar-refractivity contribution in [2.75, 3.05) is 0 Å². The highest BCUT2D eigenvalue weighted by Gasteiger charge is 2.00. The van der Waals surface area contributed by atoms with E-state index in [1.807, 2.05) is 37.3 Å². The average molecular weight is 222 g/mol. The number of halogens is 1. The Morgan fingerprint density at radius 3 is 2.53 bits per heavy atom. The third kappa shape index (κ3) is 2.83. The lowest BCUT2D eigenvalue weighted by molar-refractivity contribution is 0.390. The van der Waals surface area contributed by atoms with E-state index in [-0.39, 0.29) is 0 Å². The first kappa shape index (κ1) is 10.2. The van der Waals surface area contributed by atoms with E-state index in [2.05, 4.69) is 5.16 Å². The van der Waals surface area contributed by atoms with Crippen LogP contribution in [0, 0.1) is 6.92 Å². The summed E-state index contributed by atoms with van der Waals surface area (Å²) >= 11 is 5.80. The van der Waals surface area contributed by atoms with Gasteiger partial charge in [-0.3, -0.25) is 0 Å². The van der Waals surface area contributed by atoms with E-state index < -0.39 is 0 Å². The molecule has 0 amide bonds. The third-order valence-electron chi connectivity index (χ3n) is 2.26. The molecule has 2 aromatic rings. The van der Waals surface area contributed by atoms with Gasteiger partial charge in [-0.1, -0.05) is 28.9 Å². The van der Waals surface area contributed by atoms with Crippen LogP contribution in [0.4, 0.5) is 0 Å². The lowest BCUT2D eigenvalue weighted by Gasteiger charge is -1.98.